The zero-order chi connectivity index (χ0) is 17.1. The van der Waals surface area contributed by atoms with E-state index in [9.17, 15) is 18.7 Å². The highest BCUT2D eigenvalue weighted by Gasteiger charge is 2.30. The van der Waals surface area contributed by atoms with Crippen LogP contribution in [0.3, 0.4) is 0 Å². The van der Waals surface area contributed by atoms with Crippen molar-refractivity contribution < 1.29 is 23.4 Å². The van der Waals surface area contributed by atoms with E-state index in [0.717, 1.165) is 6.42 Å². The molecule has 1 saturated heterocycles. The molecule has 0 unspecified atom stereocenters. The summed E-state index contributed by atoms with van der Waals surface area (Å²) in [5.74, 6) is -2.15. The molecular formula is C18H17F2NO3. The number of halogens is 2. The highest BCUT2D eigenvalue weighted by atomic mass is 19.1. The molecule has 1 N–H and O–H groups in total. The van der Waals surface area contributed by atoms with Crippen LogP contribution in [0.15, 0.2) is 42.5 Å². The largest absolute Gasteiger partial charge is 0.480 e. The molecule has 0 aromatic heterocycles. The summed E-state index contributed by atoms with van der Waals surface area (Å²) < 4.78 is 33.0. The molecule has 1 aliphatic rings. The molecular weight excluding hydrogens is 316 g/mol. The summed E-state index contributed by atoms with van der Waals surface area (Å²) in [6, 6.07) is 9.65. The third kappa shape index (κ3) is 3.54. The van der Waals surface area contributed by atoms with Crippen molar-refractivity contribution in [2.75, 3.05) is 6.54 Å². The number of likely N-dealkylation sites (tertiary alicyclic amines) is 1. The van der Waals surface area contributed by atoms with E-state index in [4.69, 9.17) is 4.74 Å². The quantitative estimate of drug-likeness (QED) is 0.904. The van der Waals surface area contributed by atoms with Gasteiger partial charge in [-0.25, -0.2) is 8.78 Å². The van der Waals surface area contributed by atoms with Crippen LogP contribution >= 0.6 is 0 Å². The van der Waals surface area contributed by atoms with Crippen LogP contribution in [0, 0.1) is 11.6 Å². The molecule has 0 saturated carbocycles. The van der Waals surface area contributed by atoms with Gasteiger partial charge in [0.05, 0.1) is 0 Å². The lowest BCUT2D eigenvalue weighted by Crippen LogP contribution is -2.35. The van der Waals surface area contributed by atoms with E-state index in [1.807, 2.05) is 4.90 Å². The summed E-state index contributed by atoms with van der Waals surface area (Å²) >= 11 is 0. The van der Waals surface area contributed by atoms with Gasteiger partial charge < -0.3 is 9.84 Å². The first-order valence-corrected chi connectivity index (χ1v) is 7.72. The van der Waals surface area contributed by atoms with Crippen molar-refractivity contribution in [1.82, 2.24) is 4.90 Å². The topological polar surface area (TPSA) is 49.8 Å². The number of carboxylic acid groups (broad SMARTS) is 1. The molecule has 0 spiro atoms. The molecule has 6 heteroatoms. The Balaban J connectivity index is 1.73. The molecule has 0 bridgehead atoms. The number of aliphatic carboxylic acids is 1. The standard InChI is InChI=1S/C18H17F2NO3/c19-13-4-1-2-6-16(13)24-17-8-7-12(10-14(17)20)11-21-9-3-5-15(21)18(22)23/h1-2,4,6-8,10,15H,3,5,9,11H2,(H,22,23)/t15-/m0/s1. The third-order valence-corrected chi connectivity index (χ3v) is 4.09. The van der Waals surface area contributed by atoms with Gasteiger partial charge in [-0.15, -0.1) is 0 Å². The fraction of sp³-hybridized carbons (Fsp3) is 0.278. The number of carbonyl (C=O) groups is 1. The van der Waals surface area contributed by atoms with E-state index in [1.54, 1.807) is 12.1 Å². The normalized spacial score (nSPS) is 17.8. The highest BCUT2D eigenvalue weighted by Crippen LogP contribution is 2.28. The fourth-order valence-electron chi connectivity index (χ4n) is 2.90. The van der Waals surface area contributed by atoms with E-state index < -0.39 is 23.6 Å². The van der Waals surface area contributed by atoms with Crippen LogP contribution in [0.25, 0.3) is 0 Å². The maximum Gasteiger partial charge on any atom is 0.320 e. The second-order valence-corrected chi connectivity index (χ2v) is 5.76. The first kappa shape index (κ1) is 16.4. The molecule has 24 heavy (non-hydrogen) atoms. The van der Waals surface area contributed by atoms with Gasteiger partial charge in [0.25, 0.3) is 0 Å². The van der Waals surface area contributed by atoms with Gasteiger partial charge >= 0.3 is 5.97 Å². The molecule has 1 fully saturated rings. The Bertz CT molecular complexity index is 751. The van der Waals surface area contributed by atoms with Crippen LogP contribution in [-0.4, -0.2) is 28.6 Å². The van der Waals surface area contributed by atoms with E-state index in [2.05, 4.69) is 0 Å². The van der Waals surface area contributed by atoms with Crippen molar-refractivity contribution in [3.8, 4) is 11.5 Å². The minimum atomic E-state index is -0.854. The lowest BCUT2D eigenvalue weighted by atomic mass is 10.1. The SMILES string of the molecule is O=C(O)[C@@H]1CCCN1Cc1ccc(Oc2ccccc2F)c(F)c1. The third-order valence-electron chi connectivity index (χ3n) is 4.09. The molecule has 2 aromatic rings. The van der Waals surface area contributed by atoms with Crippen molar-refractivity contribution in [1.29, 1.82) is 0 Å². The average Bonchev–Trinajstić information content (AvgIpc) is 3.00. The van der Waals surface area contributed by atoms with Gasteiger partial charge in [0, 0.05) is 6.54 Å². The predicted octanol–water partition coefficient (Wildman–Crippen LogP) is 3.81. The molecule has 3 rings (SSSR count). The number of rotatable bonds is 5. The Morgan fingerprint density at radius 3 is 2.62 bits per heavy atom. The summed E-state index contributed by atoms with van der Waals surface area (Å²) in [5.41, 5.74) is 0.654. The lowest BCUT2D eigenvalue weighted by Gasteiger charge is -2.21. The minimum Gasteiger partial charge on any atom is -0.480 e. The summed E-state index contributed by atoms with van der Waals surface area (Å²) in [7, 11) is 0. The summed E-state index contributed by atoms with van der Waals surface area (Å²) in [6.07, 6.45) is 1.42. The second-order valence-electron chi connectivity index (χ2n) is 5.76. The Hall–Kier alpha value is -2.47. The van der Waals surface area contributed by atoms with Crippen LogP contribution in [0.5, 0.6) is 11.5 Å². The van der Waals surface area contributed by atoms with Gasteiger partial charge in [-0.3, -0.25) is 9.69 Å². The Morgan fingerprint density at radius 1 is 1.17 bits per heavy atom. The smallest absolute Gasteiger partial charge is 0.320 e. The van der Waals surface area contributed by atoms with Crippen molar-refractivity contribution in [3.63, 3.8) is 0 Å². The van der Waals surface area contributed by atoms with Crippen LogP contribution in [0.1, 0.15) is 18.4 Å². The number of ether oxygens (including phenoxy) is 1. The van der Waals surface area contributed by atoms with Gasteiger partial charge in [0.1, 0.15) is 6.04 Å². The number of nitrogens with zero attached hydrogens (tertiary/aromatic N) is 1. The van der Waals surface area contributed by atoms with Crippen LogP contribution in [0.2, 0.25) is 0 Å². The van der Waals surface area contributed by atoms with Crippen molar-refractivity contribution in [2.24, 2.45) is 0 Å². The Kier molecular flexibility index (Phi) is 4.76. The number of hydrogen-bond acceptors (Lipinski definition) is 3. The van der Waals surface area contributed by atoms with E-state index in [-0.39, 0.29) is 11.5 Å². The summed E-state index contributed by atoms with van der Waals surface area (Å²) in [4.78, 5) is 13.0. The fourth-order valence-corrected chi connectivity index (χ4v) is 2.90. The molecule has 1 atom stereocenters. The molecule has 0 aliphatic carbocycles. The first-order chi connectivity index (χ1) is 11.5. The molecule has 1 aliphatic heterocycles. The molecule has 0 radical (unpaired) electrons. The molecule has 1 heterocycles. The molecule has 2 aromatic carbocycles. The maximum atomic E-state index is 14.2. The number of benzene rings is 2. The van der Waals surface area contributed by atoms with Crippen LogP contribution in [0.4, 0.5) is 8.78 Å². The Morgan fingerprint density at radius 2 is 1.92 bits per heavy atom. The van der Waals surface area contributed by atoms with Crippen LogP contribution in [-0.2, 0) is 11.3 Å². The lowest BCUT2D eigenvalue weighted by molar-refractivity contribution is -0.142. The maximum absolute atomic E-state index is 14.2. The summed E-state index contributed by atoms with van der Waals surface area (Å²) in [6.45, 7) is 1.03. The van der Waals surface area contributed by atoms with Gasteiger partial charge in [-0.1, -0.05) is 18.2 Å². The monoisotopic (exact) mass is 333 g/mol. The molecule has 126 valence electrons. The van der Waals surface area contributed by atoms with Gasteiger partial charge in [-0.05, 0) is 49.2 Å². The number of para-hydroxylation sites is 1. The van der Waals surface area contributed by atoms with Gasteiger partial charge in [-0.2, -0.15) is 0 Å². The van der Waals surface area contributed by atoms with Crippen molar-refractivity contribution >= 4 is 5.97 Å². The summed E-state index contributed by atoms with van der Waals surface area (Å²) in [5, 5.41) is 9.18. The zero-order valence-electron chi connectivity index (χ0n) is 12.9. The molecule has 4 nitrogen and oxygen atoms in total. The van der Waals surface area contributed by atoms with Crippen LogP contribution < -0.4 is 4.74 Å². The van der Waals surface area contributed by atoms with Gasteiger partial charge in [0.15, 0.2) is 23.1 Å². The highest BCUT2D eigenvalue weighted by molar-refractivity contribution is 5.73. The van der Waals surface area contributed by atoms with E-state index in [1.165, 1.54) is 30.3 Å². The molecule has 0 amide bonds. The predicted molar refractivity (Wildman–Crippen MR) is 83.9 cm³/mol. The van der Waals surface area contributed by atoms with Gasteiger partial charge in [0.2, 0.25) is 0 Å². The average molecular weight is 333 g/mol. The Labute approximate surface area is 138 Å². The first-order valence-electron chi connectivity index (χ1n) is 7.72. The second kappa shape index (κ2) is 6.97. The van der Waals surface area contributed by atoms with Crippen molar-refractivity contribution in [3.05, 3.63) is 59.7 Å². The minimum absolute atomic E-state index is 0.0466. The number of carboxylic acids is 1. The van der Waals surface area contributed by atoms with E-state index in [0.29, 0.717) is 25.1 Å². The zero-order valence-corrected chi connectivity index (χ0v) is 12.9. The number of hydrogen-bond donors (Lipinski definition) is 1. The van der Waals surface area contributed by atoms with Crippen molar-refractivity contribution in [2.45, 2.75) is 25.4 Å². The van der Waals surface area contributed by atoms with E-state index >= 15 is 0 Å².